The van der Waals surface area contributed by atoms with Gasteiger partial charge < -0.3 is 31.1 Å². The molecule has 1 fully saturated rings. The average molecular weight is 553 g/mol. The van der Waals surface area contributed by atoms with Gasteiger partial charge in [-0.2, -0.15) is 0 Å². The van der Waals surface area contributed by atoms with E-state index in [2.05, 4.69) is 22.5 Å². The quantitative estimate of drug-likeness (QED) is 0.165. The number of ether oxygens (including phenoxy) is 1. The molecule has 0 aromatic heterocycles. The lowest BCUT2D eigenvalue weighted by molar-refractivity contribution is -0.137. The molecule has 0 saturated carbocycles. The molecule has 2 rings (SSSR count). The van der Waals surface area contributed by atoms with E-state index in [1.165, 1.54) is 7.11 Å². The fraction of sp³-hybridized carbons (Fsp3) is 0.679. The van der Waals surface area contributed by atoms with Crippen molar-refractivity contribution in [1.29, 1.82) is 0 Å². The van der Waals surface area contributed by atoms with Gasteiger partial charge in [-0.3, -0.25) is 14.4 Å². The normalized spacial score (nSPS) is 15.1. The Kier molecular flexibility index (Phi) is 14.3. The Morgan fingerprint density at radius 1 is 1.11 bits per heavy atom. The summed E-state index contributed by atoms with van der Waals surface area (Å²) in [5.74, 6) is 0.0493. The Labute approximate surface area is 231 Å². The molecule has 1 saturated heterocycles. The lowest BCUT2D eigenvalue weighted by atomic mass is 9.99. The molecule has 1 aromatic carbocycles. The van der Waals surface area contributed by atoms with Crippen molar-refractivity contribution in [2.24, 2.45) is 5.92 Å². The van der Waals surface area contributed by atoms with Gasteiger partial charge in [0.25, 0.3) is 5.91 Å². The Balaban J connectivity index is 1.55. The Hall–Kier alpha value is -2.52. The number of amides is 2. The van der Waals surface area contributed by atoms with E-state index >= 15 is 0 Å². The molecular formula is C28H45ClN4O5. The highest BCUT2D eigenvalue weighted by atomic mass is 35.5. The molecule has 1 atom stereocenters. The zero-order valence-electron chi connectivity index (χ0n) is 22.9. The average Bonchev–Trinajstić information content (AvgIpc) is 2.89. The maximum absolute atomic E-state index is 12.8. The minimum atomic E-state index is -0.736. The Morgan fingerprint density at radius 2 is 1.79 bits per heavy atom. The van der Waals surface area contributed by atoms with E-state index in [0.717, 1.165) is 77.4 Å². The molecule has 1 unspecified atom stereocenters. The van der Waals surface area contributed by atoms with Crippen LogP contribution in [0.25, 0.3) is 0 Å². The number of benzene rings is 1. The van der Waals surface area contributed by atoms with Crippen LogP contribution in [0.5, 0.6) is 5.75 Å². The van der Waals surface area contributed by atoms with E-state index in [9.17, 15) is 14.4 Å². The minimum absolute atomic E-state index is 0.102. The van der Waals surface area contributed by atoms with Gasteiger partial charge in [0.15, 0.2) is 0 Å². The number of likely N-dealkylation sites (tertiary alicyclic amines) is 1. The lowest BCUT2D eigenvalue weighted by Gasteiger charge is -2.33. The molecule has 0 bridgehead atoms. The third kappa shape index (κ3) is 11.9. The molecule has 10 heteroatoms. The Bertz CT molecular complexity index is 905. The van der Waals surface area contributed by atoms with Crippen molar-refractivity contribution in [1.82, 2.24) is 15.5 Å². The molecule has 0 aliphatic carbocycles. The molecule has 1 aromatic rings. The third-order valence-electron chi connectivity index (χ3n) is 7.18. The number of nitrogens with one attached hydrogen (secondary N) is 2. The highest BCUT2D eigenvalue weighted by Gasteiger charge is 2.23. The van der Waals surface area contributed by atoms with Crippen molar-refractivity contribution in [3.05, 3.63) is 22.7 Å². The lowest BCUT2D eigenvalue weighted by Crippen LogP contribution is -2.45. The molecule has 38 heavy (non-hydrogen) atoms. The van der Waals surface area contributed by atoms with Gasteiger partial charge in [0.1, 0.15) is 5.75 Å². The van der Waals surface area contributed by atoms with Crippen LogP contribution in [0.15, 0.2) is 12.1 Å². The number of piperidine rings is 1. The maximum Gasteiger partial charge on any atom is 0.303 e. The van der Waals surface area contributed by atoms with Crippen molar-refractivity contribution in [3.63, 3.8) is 0 Å². The van der Waals surface area contributed by atoms with Gasteiger partial charge in [-0.1, -0.05) is 37.8 Å². The summed E-state index contributed by atoms with van der Waals surface area (Å²) in [7, 11) is 1.50. The van der Waals surface area contributed by atoms with E-state index in [1.807, 2.05) is 0 Å². The van der Waals surface area contributed by atoms with Gasteiger partial charge in [0.2, 0.25) is 5.91 Å². The number of nitrogen functional groups attached to an aromatic ring is 1. The number of rotatable bonds is 17. The zero-order chi connectivity index (χ0) is 27.9. The SMILES string of the molecule is COc1cc(N)c(Cl)cc1C(=O)NC1CCN(CCC(C)CCC(=O)NCCCCCCCC(=O)O)CC1. The maximum atomic E-state index is 12.8. The van der Waals surface area contributed by atoms with Gasteiger partial charge in [-0.25, -0.2) is 0 Å². The molecule has 2 amide bonds. The van der Waals surface area contributed by atoms with Crippen molar-refractivity contribution in [2.45, 2.75) is 83.6 Å². The second kappa shape index (κ2) is 17.1. The van der Waals surface area contributed by atoms with Gasteiger partial charge in [-0.05, 0) is 57.1 Å². The van der Waals surface area contributed by atoms with Crippen LogP contribution in [0.4, 0.5) is 5.69 Å². The van der Waals surface area contributed by atoms with E-state index in [-0.39, 0.29) is 24.3 Å². The van der Waals surface area contributed by atoms with E-state index < -0.39 is 5.97 Å². The number of hydrogen-bond acceptors (Lipinski definition) is 6. The summed E-state index contributed by atoms with van der Waals surface area (Å²) in [6.07, 6.45) is 9.09. The molecule has 214 valence electrons. The standard InChI is InChI=1S/C28H45ClN4O5/c1-20(9-10-26(34)31-14-7-5-3-4-6-8-27(35)36)11-15-33-16-12-21(13-17-33)32-28(37)22-18-23(29)24(30)19-25(22)38-2/h18-21H,3-17,30H2,1-2H3,(H,31,34)(H,32,37)(H,35,36). The summed E-state index contributed by atoms with van der Waals surface area (Å²) in [5.41, 5.74) is 6.58. The van der Waals surface area contributed by atoms with Crippen LogP contribution >= 0.6 is 11.6 Å². The first-order chi connectivity index (χ1) is 18.2. The highest BCUT2D eigenvalue weighted by Crippen LogP contribution is 2.29. The number of carbonyl (C=O) groups is 3. The number of unbranched alkanes of at least 4 members (excludes halogenated alkanes) is 4. The van der Waals surface area contributed by atoms with E-state index in [1.54, 1.807) is 12.1 Å². The topological polar surface area (TPSA) is 134 Å². The fourth-order valence-corrected chi connectivity index (χ4v) is 4.82. The van der Waals surface area contributed by atoms with Crippen LogP contribution < -0.4 is 21.1 Å². The summed E-state index contributed by atoms with van der Waals surface area (Å²) in [6, 6.07) is 3.22. The van der Waals surface area contributed by atoms with E-state index in [4.69, 9.17) is 27.2 Å². The summed E-state index contributed by atoms with van der Waals surface area (Å²) in [6.45, 7) is 5.73. The first-order valence-electron chi connectivity index (χ1n) is 13.8. The number of nitrogens with zero attached hydrogens (tertiary/aromatic N) is 1. The third-order valence-corrected chi connectivity index (χ3v) is 7.51. The van der Waals surface area contributed by atoms with Crippen LogP contribution in [0.3, 0.4) is 0 Å². The number of anilines is 1. The van der Waals surface area contributed by atoms with Crippen molar-refractivity contribution in [2.75, 3.05) is 39.0 Å². The molecule has 1 aliphatic rings. The first-order valence-corrected chi connectivity index (χ1v) is 14.2. The largest absolute Gasteiger partial charge is 0.496 e. The van der Waals surface area contributed by atoms with Crippen LogP contribution in [0.2, 0.25) is 5.02 Å². The van der Waals surface area contributed by atoms with E-state index in [0.29, 0.717) is 40.9 Å². The zero-order valence-corrected chi connectivity index (χ0v) is 23.7. The second-order valence-corrected chi connectivity index (χ2v) is 10.8. The summed E-state index contributed by atoms with van der Waals surface area (Å²) in [4.78, 5) is 37.8. The van der Waals surface area contributed by atoms with Crippen molar-refractivity contribution >= 4 is 35.1 Å². The van der Waals surface area contributed by atoms with Crippen LogP contribution in [0.1, 0.15) is 87.9 Å². The minimum Gasteiger partial charge on any atom is -0.496 e. The number of carbonyl (C=O) groups excluding carboxylic acids is 2. The summed E-state index contributed by atoms with van der Waals surface area (Å²) < 4.78 is 5.30. The fourth-order valence-electron chi connectivity index (χ4n) is 4.65. The van der Waals surface area contributed by atoms with Gasteiger partial charge in [0.05, 0.1) is 23.4 Å². The molecule has 1 heterocycles. The first kappa shape index (κ1) is 31.7. The number of nitrogens with two attached hydrogens (primary N) is 1. The number of carboxylic acids is 1. The number of halogens is 1. The van der Waals surface area contributed by atoms with Crippen molar-refractivity contribution < 1.29 is 24.2 Å². The smallest absolute Gasteiger partial charge is 0.303 e. The van der Waals surface area contributed by atoms with Crippen LogP contribution in [-0.2, 0) is 9.59 Å². The summed E-state index contributed by atoms with van der Waals surface area (Å²) in [5, 5.41) is 15.1. The number of hydrogen-bond donors (Lipinski definition) is 4. The second-order valence-electron chi connectivity index (χ2n) is 10.4. The molecular weight excluding hydrogens is 508 g/mol. The van der Waals surface area contributed by atoms with Crippen LogP contribution in [-0.4, -0.2) is 67.1 Å². The molecule has 1 aliphatic heterocycles. The van der Waals surface area contributed by atoms with Crippen LogP contribution in [0, 0.1) is 5.92 Å². The van der Waals surface area contributed by atoms with Crippen molar-refractivity contribution in [3.8, 4) is 5.75 Å². The summed E-state index contributed by atoms with van der Waals surface area (Å²) >= 11 is 6.10. The molecule has 0 radical (unpaired) electrons. The molecule has 0 spiro atoms. The molecule has 9 nitrogen and oxygen atoms in total. The highest BCUT2D eigenvalue weighted by molar-refractivity contribution is 6.33. The molecule has 5 N–H and O–H groups in total. The monoisotopic (exact) mass is 552 g/mol. The number of carboxylic acid groups (broad SMARTS) is 1. The predicted octanol–water partition coefficient (Wildman–Crippen LogP) is 4.47. The Morgan fingerprint density at radius 3 is 2.47 bits per heavy atom. The number of aliphatic carboxylic acids is 1. The van der Waals surface area contributed by atoms with Gasteiger partial charge >= 0.3 is 5.97 Å². The van der Waals surface area contributed by atoms with Gasteiger partial charge in [0, 0.05) is 44.6 Å². The predicted molar refractivity (Wildman–Crippen MR) is 151 cm³/mol. The van der Waals surface area contributed by atoms with Gasteiger partial charge in [-0.15, -0.1) is 0 Å². The number of methoxy groups -OCH3 is 1.